The lowest BCUT2D eigenvalue weighted by molar-refractivity contribution is -0.146. The van der Waals surface area contributed by atoms with E-state index in [-0.39, 0.29) is 18.0 Å². The highest BCUT2D eigenvalue weighted by molar-refractivity contribution is 8.05. The van der Waals surface area contributed by atoms with Gasteiger partial charge in [-0.1, -0.05) is 50.2 Å². The minimum atomic E-state index is -3.34. The fourth-order valence-corrected chi connectivity index (χ4v) is 8.33. The molecule has 0 aliphatic rings. The summed E-state index contributed by atoms with van der Waals surface area (Å²) in [6.07, 6.45) is 0.458. The van der Waals surface area contributed by atoms with E-state index in [0.717, 1.165) is 15.7 Å². The molecule has 0 bridgehead atoms. The molecule has 4 nitrogen and oxygen atoms in total. The highest BCUT2D eigenvalue weighted by atomic mass is 32.2. The monoisotopic (exact) mass is 422 g/mol. The Kier molecular flexibility index (Phi) is 8.18. The predicted molar refractivity (Wildman–Crippen MR) is 118 cm³/mol. The first-order valence-electron chi connectivity index (χ1n) is 9.79. The molecule has 6 heteroatoms. The number of ether oxygens (including phenoxy) is 1. The zero-order valence-corrected chi connectivity index (χ0v) is 19.1. The Morgan fingerprint density at radius 3 is 2.43 bits per heavy atom. The zero-order valence-electron chi connectivity index (χ0n) is 17.4. The number of thioether (sulfide) groups is 1. The first kappa shape index (κ1) is 23.0. The van der Waals surface area contributed by atoms with Crippen molar-refractivity contribution in [1.82, 2.24) is 0 Å². The molecule has 2 rings (SSSR count). The van der Waals surface area contributed by atoms with E-state index < -0.39 is 18.5 Å². The van der Waals surface area contributed by atoms with Crippen molar-refractivity contribution in [2.75, 3.05) is 18.7 Å². The van der Waals surface area contributed by atoms with Crippen molar-refractivity contribution >= 4 is 35.9 Å². The molecule has 28 heavy (non-hydrogen) atoms. The Balaban J connectivity index is 2.39. The maximum absolute atomic E-state index is 14.1. The number of carbonyl (C=O) groups excluding carboxylic acids is 1. The Labute approximate surface area is 172 Å². The summed E-state index contributed by atoms with van der Waals surface area (Å²) in [4.78, 5) is 13.9. The van der Waals surface area contributed by atoms with Gasteiger partial charge in [-0.15, -0.1) is 11.8 Å². The normalized spacial score (nSPS) is 15.9. The smallest absolute Gasteiger partial charge is 0.321 e. The number of fused-ring (bicyclic) bond motifs is 1. The first-order chi connectivity index (χ1) is 13.3. The summed E-state index contributed by atoms with van der Waals surface area (Å²) in [5.41, 5.74) is 0.233. The third-order valence-corrected chi connectivity index (χ3v) is 9.84. The van der Waals surface area contributed by atoms with Gasteiger partial charge in [0.1, 0.15) is 5.16 Å². The Morgan fingerprint density at radius 1 is 1.11 bits per heavy atom. The van der Waals surface area contributed by atoms with Crippen LogP contribution in [-0.2, 0) is 18.6 Å². The van der Waals surface area contributed by atoms with Crippen molar-refractivity contribution in [2.24, 2.45) is 5.92 Å². The van der Waals surface area contributed by atoms with E-state index in [1.165, 1.54) is 11.8 Å². The summed E-state index contributed by atoms with van der Waals surface area (Å²) >= 11 is 1.49. The highest BCUT2D eigenvalue weighted by Gasteiger charge is 2.52. The van der Waals surface area contributed by atoms with E-state index in [4.69, 9.17) is 9.26 Å². The quantitative estimate of drug-likeness (QED) is 0.246. The molecule has 0 aliphatic carbocycles. The maximum Gasteiger partial charge on any atom is 0.321 e. The second kappa shape index (κ2) is 9.96. The summed E-state index contributed by atoms with van der Waals surface area (Å²) in [6, 6.07) is 14.2. The Bertz CT molecular complexity index is 846. The standard InChI is InChI=1S/C22H31O4PS/c1-6-25-21(23)22(5,15-17(3)4)27(24,26-7-2)16-28-20-14-10-12-18-11-8-9-13-19(18)20/h8-14,17H,6-7,15-16H2,1-5H3. The van der Waals surface area contributed by atoms with Crippen molar-refractivity contribution in [2.45, 2.75) is 51.1 Å². The van der Waals surface area contributed by atoms with Crippen molar-refractivity contribution < 1.29 is 18.6 Å². The van der Waals surface area contributed by atoms with Crippen LogP contribution in [0.15, 0.2) is 47.4 Å². The third-order valence-electron chi connectivity index (χ3n) is 4.75. The molecule has 0 heterocycles. The summed E-state index contributed by atoms with van der Waals surface area (Å²) in [7, 11) is -3.34. The van der Waals surface area contributed by atoms with Gasteiger partial charge in [0, 0.05) is 4.90 Å². The van der Waals surface area contributed by atoms with Crippen LogP contribution < -0.4 is 0 Å². The lowest BCUT2D eigenvalue weighted by Gasteiger charge is -2.36. The van der Waals surface area contributed by atoms with Gasteiger partial charge < -0.3 is 9.26 Å². The van der Waals surface area contributed by atoms with Crippen LogP contribution in [0.5, 0.6) is 0 Å². The van der Waals surface area contributed by atoms with E-state index >= 15 is 0 Å². The van der Waals surface area contributed by atoms with Gasteiger partial charge in [0.05, 0.1) is 18.7 Å². The number of hydrogen-bond donors (Lipinski definition) is 0. The summed E-state index contributed by atoms with van der Waals surface area (Å²) in [6.45, 7) is 9.91. The van der Waals surface area contributed by atoms with E-state index in [2.05, 4.69) is 18.2 Å². The van der Waals surface area contributed by atoms with Gasteiger partial charge in [-0.25, -0.2) is 0 Å². The number of benzene rings is 2. The van der Waals surface area contributed by atoms with Crippen LogP contribution in [0.1, 0.15) is 41.0 Å². The van der Waals surface area contributed by atoms with Crippen LogP contribution in [-0.4, -0.2) is 29.8 Å². The molecular weight excluding hydrogens is 391 g/mol. The Morgan fingerprint density at radius 2 is 1.79 bits per heavy atom. The van der Waals surface area contributed by atoms with E-state index in [1.807, 2.05) is 45.0 Å². The van der Waals surface area contributed by atoms with Crippen LogP contribution >= 0.6 is 19.1 Å². The minimum absolute atomic E-state index is 0.186. The van der Waals surface area contributed by atoms with E-state index in [1.54, 1.807) is 13.8 Å². The molecule has 2 aromatic carbocycles. The van der Waals surface area contributed by atoms with Crippen molar-refractivity contribution in [1.29, 1.82) is 0 Å². The molecule has 0 saturated heterocycles. The summed E-state index contributed by atoms with van der Waals surface area (Å²) < 4.78 is 25.2. The number of hydrogen-bond acceptors (Lipinski definition) is 5. The third kappa shape index (κ3) is 5.00. The lowest BCUT2D eigenvalue weighted by Crippen LogP contribution is -2.39. The fraction of sp³-hybridized carbons (Fsp3) is 0.500. The van der Waals surface area contributed by atoms with Crippen LogP contribution in [0.25, 0.3) is 10.8 Å². The SMILES string of the molecule is CCOC(=O)C(C)(CC(C)C)P(=O)(CSc1cccc2ccccc12)OCC. The van der Waals surface area contributed by atoms with Gasteiger partial charge in [0.25, 0.3) is 0 Å². The van der Waals surface area contributed by atoms with Gasteiger partial charge in [-0.05, 0) is 49.9 Å². The van der Waals surface area contributed by atoms with Crippen LogP contribution in [0.2, 0.25) is 0 Å². The fourth-order valence-electron chi connectivity index (χ4n) is 3.45. The molecule has 2 unspecified atom stereocenters. The lowest BCUT2D eigenvalue weighted by atomic mass is 9.98. The van der Waals surface area contributed by atoms with Crippen LogP contribution in [0.4, 0.5) is 0 Å². The van der Waals surface area contributed by atoms with Gasteiger partial charge in [0.15, 0.2) is 0 Å². The summed E-state index contributed by atoms with van der Waals surface area (Å²) in [5.74, 6) is -0.246. The largest absolute Gasteiger partial charge is 0.465 e. The number of carbonyl (C=O) groups is 1. The molecule has 2 aromatic rings. The average molecular weight is 423 g/mol. The molecule has 0 saturated carbocycles. The molecule has 0 fully saturated rings. The molecule has 0 radical (unpaired) electrons. The van der Waals surface area contributed by atoms with Crippen LogP contribution in [0.3, 0.4) is 0 Å². The predicted octanol–water partition coefficient (Wildman–Crippen LogP) is 6.57. The first-order valence-corrected chi connectivity index (χ1v) is 12.6. The number of rotatable bonds is 10. The van der Waals surface area contributed by atoms with Crippen molar-refractivity contribution in [3.05, 3.63) is 42.5 Å². The molecular formula is C22H31O4PS. The molecule has 0 spiro atoms. The minimum Gasteiger partial charge on any atom is -0.465 e. The molecule has 0 N–H and O–H groups in total. The van der Waals surface area contributed by atoms with E-state index in [9.17, 15) is 9.36 Å². The second-order valence-electron chi connectivity index (χ2n) is 7.43. The zero-order chi connectivity index (χ0) is 20.8. The van der Waals surface area contributed by atoms with Gasteiger partial charge in [0.2, 0.25) is 7.37 Å². The highest BCUT2D eigenvalue weighted by Crippen LogP contribution is 2.64. The van der Waals surface area contributed by atoms with Gasteiger partial charge >= 0.3 is 5.97 Å². The second-order valence-corrected chi connectivity index (χ2v) is 11.8. The topological polar surface area (TPSA) is 52.6 Å². The molecule has 0 amide bonds. The molecule has 0 aromatic heterocycles. The van der Waals surface area contributed by atoms with Crippen LogP contribution in [0, 0.1) is 5.92 Å². The average Bonchev–Trinajstić information content (AvgIpc) is 2.66. The molecule has 2 atom stereocenters. The van der Waals surface area contributed by atoms with Gasteiger partial charge in [-0.2, -0.15) is 0 Å². The van der Waals surface area contributed by atoms with Crippen molar-refractivity contribution in [3.8, 4) is 0 Å². The number of esters is 1. The summed E-state index contributed by atoms with van der Waals surface area (Å²) in [5, 5.41) is 1.08. The maximum atomic E-state index is 14.1. The molecule has 154 valence electrons. The Hall–Kier alpha value is -1.29. The molecule has 0 aliphatic heterocycles. The van der Waals surface area contributed by atoms with Gasteiger partial charge in [-0.3, -0.25) is 9.36 Å². The van der Waals surface area contributed by atoms with E-state index in [0.29, 0.717) is 13.0 Å². The van der Waals surface area contributed by atoms with Crippen molar-refractivity contribution in [3.63, 3.8) is 0 Å².